The lowest BCUT2D eigenvalue weighted by Crippen LogP contribution is -2.37. The molecule has 120 valence electrons. The fourth-order valence-electron chi connectivity index (χ4n) is 2.71. The number of benzene rings is 2. The summed E-state index contributed by atoms with van der Waals surface area (Å²) in [5.74, 6) is 1.37. The Kier molecular flexibility index (Phi) is 5.03. The van der Waals surface area contributed by atoms with Crippen molar-refractivity contribution in [2.24, 2.45) is 10.7 Å². The highest BCUT2D eigenvalue weighted by Crippen LogP contribution is 2.31. The standard InChI is InChI=1S/C18H20ClN3O/c19-15-7-3-1-5-13(15)9-11-21-18(20)22-16-10-12-23-17-8-4-2-6-14(16)17/h1-8,16H,9-12H2,(H3,20,21,22). The number of nitrogens with one attached hydrogen (secondary N) is 1. The van der Waals surface area contributed by atoms with Crippen molar-refractivity contribution in [1.82, 2.24) is 5.32 Å². The number of aliphatic imine (C=N–C) groups is 1. The minimum Gasteiger partial charge on any atom is -0.493 e. The molecule has 3 N–H and O–H groups in total. The summed E-state index contributed by atoms with van der Waals surface area (Å²) in [5, 5.41) is 4.06. The molecule has 2 aromatic carbocycles. The lowest BCUT2D eigenvalue weighted by Gasteiger charge is -2.26. The maximum atomic E-state index is 6.14. The highest BCUT2D eigenvalue weighted by molar-refractivity contribution is 6.31. The molecular weight excluding hydrogens is 310 g/mol. The van der Waals surface area contributed by atoms with Crippen LogP contribution in [-0.2, 0) is 6.42 Å². The number of nitrogens with two attached hydrogens (primary N) is 1. The number of fused-ring (bicyclic) bond motifs is 1. The minimum atomic E-state index is 0.143. The van der Waals surface area contributed by atoms with E-state index >= 15 is 0 Å². The van der Waals surface area contributed by atoms with Crippen LogP contribution >= 0.6 is 11.6 Å². The monoisotopic (exact) mass is 329 g/mol. The van der Waals surface area contributed by atoms with Gasteiger partial charge in [0.25, 0.3) is 0 Å². The molecule has 1 unspecified atom stereocenters. The molecule has 0 bridgehead atoms. The maximum absolute atomic E-state index is 6.14. The van der Waals surface area contributed by atoms with Crippen molar-refractivity contribution in [3.63, 3.8) is 0 Å². The molecule has 0 saturated carbocycles. The molecule has 23 heavy (non-hydrogen) atoms. The third-order valence-electron chi connectivity index (χ3n) is 3.90. The molecular formula is C18H20ClN3O. The molecule has 0 saturated heterocycles. The van der Waals surface area contributed by atoms with Gasteiger partial charge in [-0.1, -0.05) is 48.0 Å². The van der Waals surface area contributed by atoms with Gasteiger partial charge in [-0.3, -0.25) is 4.99 Å². The molecule has 1 atom stereocenters. The van der Waals surface area contributed by atoms with Crippen molar-refractivity contribution in [2.75, 3.05) is 13.2 Å². The molecule has 0 fully saturated rings. The molecule has 0 radical (unpaired) electrons. The number of rotatable bonds is 4. The SMILES string of the molecule is NC(=NCCc1ccccc1Cl)NC1CCOc2ccccc21. The molecule has 4 nitrogen and oxygen atoms in total. The highest BCUT2D eigenvalue weighted by atomic mass is 35.5. The van der Waals surface area contributed by atoms with Crippen LogP contribution in [0, 0.1) is 0 Å². The van der Waals surface area contributed by atoms with E-state index in [1.807, 2.05) is 42.5 Å². The van der Waals surface area contributed by atoms with Crippen LogP contribution in [0.3, 0.4) is 0 Å². The molecule has 0 amide bonds. The first-order valence-electron chi connectivity index (χ1n) is 7.75. The summed E-state index contributed by atoms with van der Waals surface area (Å²) in [4.78, 5) is 4.41. The Bertz CT molecular complexity index is 702. The average Bonchev–Trinajstić information content (AvgIpc) is 2.57. The number of nitrogens with zero attached hydrogens (tertiary/aromatic N) is 1. The van der Waals surface area contributed by atoms with Gasteiger partial charge in [0.15, 0.2) is 5.96 Å². The number of ether oxygens (including phenoxy) is 1. The lowest BCUT2D eigenvalue weighted by atomic mass is 10.0. The number of hydrogen-bond donors (Lipinski definition) is 2. The van der Waals surface area contributed by atoms with E-state index < -0.39 is 0 Å². The van der Waals surface area contributed by atoms with E-state index in [0.717, 1.165) is 34.7 Å². The maximum Gasteiger partial charge on any atom is 0.189 e. The van der Waals surface area contributed by atoms with Crippen molar-refractivity contribution in [1.29, 1.82) is 0 Å². The van der Waals surface area contributed by atoms with Crippen LogP contribution in [0.1, 0.15) is 23.6 Å². The summed E-state index contributed by atoms with van der Waals surface area (Å²) in [6, 6.07) is 16.0. The van der Waals surface area contributed by atoms with Crippen LogP contribution in [-0.4, -0.2) is 19.1 Å². The van der Waals surface area contributed by atoms with Gasteiger partial charge in [-0.05, 0) is 24.1 Å². The smallest absolute Gasteiger partial charge is 0.189 e. The van der Waals surface area contributed by atoms with Crippen LogP contribution in [0.4, 0.5) is 0 Å². The van der Waals surface area contributed by atoms with Gasteiger partial charge in [-0.15, -0.1) is 0 Å². The summed E-state index contributed by atoms with van der Waals surface area (Å²) in [6.45, 7) is 1.29. The predicted octanol–water partition coefficient (Wildman–Crippen LogP) is 3.31. The van der Waals surface area contributed by atoms with E-state index in [1.165, 1.54) is 0 Å². The fourth-order valence-corrected chi connectivity index (χ4v) is 2.94. The predicted molar refractivity (Wildman–Crippen MR) is 94.1 cm³/mol. The second-order valence-electron chi connectivity index (χ2n) is 5.48. The molecule has 1 aliphatic heterocycles. The zero-order valence-electron chi connectivity index (χ0n) is 12.8. The van der Waals surface area contributed by atoms with E-state index in [4.69, 9.17) is 22.1 Å². The van der Waals surface area contributed by atoms with Gasteiger partial charge in [-0.2, -0.15) is 0 Å². The first kappa shape index (κ1) is 15.7. The molecule has 0 aliphatic carbocycles. The number of hydrogen-bond acceptors (Lipinski definition) is 2. The van der Waals surface area contributed by atoms with Gasteiger partial charge in [0.05, 0.1) is 12.6 Å². The summed E-state index contributed by atoms with van der Waals surface area (Å²) in [5.41, 5.74) is 8.24. The van der Waals surface area contributed by atoms with Crippen molar-refractivity contribution >= 4 is 17.6 Å². The van der Waals surface area contributed by atoms with E-state index in [1.54, 1.807) is 0 Å². The number of halogens is 1. The van der Waals surface area contributed by atoms with Crippen LogP contribution in [0.25, 0.3) is 0 Å². The van der Waals surface area contributed by atoms with Gasteiger partial charge in [-0.25, -0.2) is 0 Å². The fraction of sp³-hybridized carbons (Fsp3) is 0.278. The van der Waals surface area contributed by atoms with E-state index in [0.29, 0.717) is 19.1 Å². The Hall–Kier alpha value is -2.20. The summed E-state index contributed by atoms with van der Waals surface area (Å²) in [7, 11) is 0. The van der Waals surface area contributed by atoms with E-state index in [2.05, 4.69) is 16.4 Å². The quantitative estimate of drug-likeness (QED) is 0.668. The van der Waals surface area contributed by atoms with Crippen LogP contribution < -0.4 is 15.8 Å². The minimum absolute atomic E-state index is 0.143. The van der Waals surface area contributed by atoms with Gasteiger partial charge < -0.3 is 15.8 Å². The molecule has 0 spiro atoms. The lowest BCUT2D eigenvalue weighted by molar-refractivity contribution is 0.262. The first-order chi connectivity index (χ1) is 11.2. The van der Waals surface area contributed by atoms with E-state index in [-0.39, 0.29) is 6.04 Å². The largest absolute Gasteiger partial charge is 0.493 e. The van der Waals surface area contributed by atoms with Crippen molar-refractivity contribution in [3.05, 3.63) is 64.7 Å². The van der Waals surface area contributed by atoms with Crippen molar-refractivity contribution in [2.45, 2.75) is 18.9 Å². The van der Waals surface area contributed by atoms with Crippen LogP contribution in [0.15, 0.2) is 53.5 Å². The zero-order valence-corrected chi connectivity index (χ0v) is 13.6. The first-order valence-corrected chi connectivity index (χ1v) is 8.13. The van der Waals surface area contributed by atoms with Gasteiger partial charge in [0.2, 0.25) is 0 Å². The van der Waals surface area contributed by atoms with E-state index in [9.17, 15) is 0 Å². The van der Waals surface area contributed by atoms with Crippen LogP contribution in [0.2, 0.25) is 5.02 Å². The van der Waals surface area contributed by atoms with Crippen molar-refractivity contribution < 1.29 is 4.74 Å². The normalized spacial score (nSPS) is 17.3. The number of para-hydroxylation sites is 1. The molecule has 0 aromatic heterocycles. The summed E-state index contributed by atoms with van der Waals surface area (Å²) >= 11 is 6.14. The molecule has 5 heteroatoms. The summed E-state index contributed by atoms with van der Waals surface area (Å²) < 4.78 is 5.65. The average molecular weight is 330 g/mol. The van der Waals surface area contributed by atoms with Crippen LogP contribution in [0.5, 0.6) is 5.75 Å². The Morgan fingerprint density at radius 2 is 2.00 bits per heavy atom. The topological polar surface area (TPSA) is 59.6 Å². The second kappa shape index (κ2) is 7.38. The number of guanidine groups is 1. The van der Waals surface area contributed by atoms with Gasteiger partial charge >= 0.3 is 0 Å². The Labute approximate surface area is 141 Å². The molecule has 3 rings (SSSR count). The molecule has 2 aromatic rings. The highest BCUT2D eigenvalue weighted by Gasteiger charge is 2.21. The Morgan fingerprint density at radius 3 is 2.87 bits per heavy atom. The third kappa shape index (κ3) is 3.96. The Morgan fingerprint density at radius 1 is 1.22 bits per heavy atom. The van der Waals surface area contributed by atoms with Gasteiger partial charge in [0.1, 0.15) is 5.75 Å². The Balaban J connectivity index is 1.59. The summed E-state index contributed by atoms with van der Waals surface area (Å²) in [6.07, 6.45) is 1.64. The van der Waals surface area contributed by atoms with Crippen molar-refractivity contribution in [3.8, 4) is 5.75 Å². The zero-order chi connectivity index (χ0) is 16.1. The second-order valence-corrected chi connectivity index (χ2v) is 5.89. The molecule has 1 aliphatic rings. The third-order valence-corrected chi connectivity index (χ3v) is 4.27. The van der Waals surface area contributed by atoms with Gasteiger partial charge in [0, 0.05) is 23.6 Å². The molecule has 1 heterocycles.